The van der Waals surface area contributed by atoms with E-state index < -0.39 is 15.1 Å². The van der Waals surface area contributed by atoms with E-state index in [-0.39, 0.29) is 5.95 Å². The van der Waals surface area contributed by atoms with Gasteiger partial charge in [0.15, 0.2) is 5.03 Å². The van der Waals surface area contributed by atoms with Crippen LogP contribution >= 0.6 is 0 Å². The lowest BCUT2D eigenvalue weighted by Crippen LogP contribution is -2.04. The van der Waals surface area contributed by atoms with Crippen molar-refractivity contribution in [2.24, 2.45) is 0 Å². The molecule has 0 aliphatic carbocycles. The third-order valence-electron chi connectivity index (χ3n) is 0.913. The Bertz CT molecular complexity index is 361. The van der Waals surface area contributed by atoms with Gasteiger partial charge in [0.1, 0.15) is 0 Å². The summed E-state index contributed by atoms with van der Waals surface area (Å²) in [5.74, 6) is -0.194. The zero-order chi connectivity index (χ0) is 8.48. The fourth-order valence-electron chi connectivity index (χ4n) is 0.500. The summed E-state index contributed by atoms with van der Waals surface area (Å²) in [6, 6.07) is 1.05. The summed E-state index contributed by atoms with van der Waals surface area (Å²) in [7, 11) is -4.26. The van der Waals surface area contributed by atoms with E-state index in [4.69, 9.17) is 10.3 Å². The first-order valence-electron chi connectivity index (χ1n) is 2.56. The summed E-state index contributed by atoms with van der Waals surface area (Å²) in [6.07, 6.45) is 1.14. The number of nitrogens with two attached hydrogens (primary N) is 1. The number of nitrogen functional groups attached to an aromatic ring is 1. The van der Waals surface area contributed by atoms with Crippen molar-refractivity contribution < 1.29 is 13.0 Å². The standard InChI is InChI=1S/C4H5N3O3S/c5-4-6-2-1-3(7-4)11(8,9)10/h1-2H,(H2,5,6,7)(H,8,9,10). The van der Waals surface area contributed by atoms with Gasteiger partial charge in [-0.25, -0.2) is 4.98 Å². The van der Waals surface area contributed by atoms with E-state index in [1.54, 1.807) is 0 Å². The second kappa shape index (κ2) is 2.44. The lowest BCUT2D eigenvalue weighted by Gasteiger charge is -1.94. The molecule has 11 heavy (non-hydrogen) atoms. The summed E-state index contributed by atoms with van der Waals surface area (Å²) in [4.78, 5) is 6.72. The molecule has 0 atom stereocenters. The minimum atomic E-state index is -4.26. The topological polar surface area (TPSA) is 106 Å². The van der Waals surface area contributed by atoms with Crippen LogP contribution in [-0.2, 0) is 10.1 Å². The highest BCUT2D eigenvalue weighted by Gasteiger charge is 2.10. The van der Waals surface area contributed by atoms with Gasteiger partial charge in [0.05, 0.1) is 0 Å². The molecule has 0 saturated carbocycles. The molecule has 0 spiro atoms. The molecule has 6 nitrogen and oxygen atoms in total. The number of rotatable bonds is 1. The van der Waals surface area contributed by atoms with Gasteiger partial charge in [-0.1, -0.05) is 0 Å². The van der Waals surface area contributed by atoms with Gasteiger partial charge < -0.3 is 5.73 Å². The van der Waals surface area contributed by atoms with Crippen LogP contribution in [0.25, 0.3) is 0 Å². The second-order valence-electron chi connectivity index (χ2n) is 1.73. The minimum Gasteiger partial charge on any atom is -0.368 e. The van der Waals surface area contributed by atoms with Crippen LogP contribution in [-0.4, -0.2) is 22.9 Å². The van der Waals surface area contributed by atoms with E-state index in [2.05, 4.69) is 9.97 Å². The van der Waals surface area contributed by atoms with E-state index in [0.29, 0.717) is 0 Å². The van der Waals surface area contributed by atoms with Gasteiger partial charge in [-0.2, -0.15) is 13.4 Å². The van der Waals surface area contributed by atoms with E-state index in [0.717, 1.165) is 12.3 Å². The number of anilines is 1. The van der Waals surface area contributed by atoms with Crippen molar-refractivity contribution in [3.63, 3.8) is 0 Å². The van der Waals surface area contributed by atoms with Crippen LogP contribution < -0.4 is 5.73 Å². The van der Waals surface area contributed by atoms with Crippen molar-refractivity contribution in [2.45, 2.75) is 5.03 Å². The fraction of sp³-hybridized carbons (Fsp3) is 0. The average Bonchev–Trinajstić information content (AvgIpc) is 1.86. The van der Waals surface area contributed by atoms with Crippen molar-refractivity contribution in [3.8, 4) is 0 Å². The lowest BCUT2D eigenvalue weighted by molar-refractivity contribution is 0.479. The van der Waals surface area contributed by atoms with Crippen LogP contribution in [0.1, 0.15) is 0 Å². The molecule has 0 amide bonds. The molecule has 0 fully saturated rings. The summed E-state index contributed by atoms with van der Waals surface area (Å²) in [5.41, 5.74) is 5.06. The average molecular weight is 175 g/mol. The lowest BCUT2D eigenvalue weighted by atomic mass is 10.7. The molecule has 0 saturated heterocycles. The summed E-state index contributed by atoms with van der Waals surface area (Å²) in [6.45, 7) is 0. The van der Waals surface area contributed by atoms with Crippen LogP contribution in [0.15, 0.2) is 17.3 Å². The molecule has 1 heterocycles. The molecule has 1 aromatic heterocycles. The third kappa shape index (κ3) is 1.85. The van der Waals surface area contributed by atoms with E-state index in [9.17, 15) is 8.42 Å². The van der Waals surface area contributed by atoms with Crippen molar-refractivity contribution in [1.29, 1.82) is 0 Å². The predicted octanol–water partition coefficient (Wildman–Crippen LogP) is -0.695. The Hall–Kier alpha value is -1.21. The smallest absolute Gasteiger partial charge is 0.312 e. The highest BCUT2D eigenvalue weighted by molar-refractivity contribution is 7.85. The monoisotopic (exact) mass is 175 g/mol. The third-order valence-corrected chi connectivity index (χ3v) is 1.67. The first-order chi connectivity index (χ1) is 5.00. The number of hydrogen-bond donors (Lipinski definition) is 2. The van der Waals surface area contributed by atoms with Gasteiger partial charge in [0.25, 0.3) is 0 Å². The molecule has 0 aliphatic heterocycles. The van der Waals surface area contributed by atoms with Crippen molar-refractivity contribution in [2.75, 3.05) is 5.73 Å². The Balaban J connectivity index is 3.28. The van der Waals surface area contributed by atoms with Gasteiger partial charge in [-0.05, 0) is 6.07 Å². The molecule has 60 valence electrons. The maximum atomic E-state index is 10.4. The first-order valence-corrected chi connectivity index (χ1v) is 4.00. The number of nitrogens with zero attached hydrogens (tertiary/aromatic N) is 2. The molecular formula is C4H5N3O3S. The number of hydrogen-bond acceptors (Lipinski definition) is 5. The van der Waals surface area contributed by atoms with Crippen LogP contribution in [0.3, 0.4) is 0 Å². The minimum absolute atomic E-state index is 0.194. The van der Waals surface area contributed by atoms with Gasteiger partial charge in [-0.3, -0.25) is 4.55 Å². The zero-order valence-electron chi connectivity index (χ0n) is 5.30. The van der Waals surface area contributed by atoms with Crippen LogP contribution in [0.5, 0.6) is 0 Å². The quantitative estimate of drug-likeness (QED) is 0.432. The first kappa shape index (κ1) is 7.89. The van der Waals surface area contributed by atoms with Crippen molar-refractivity contribution in [1.82, 2.24) is 9.97 Å². The van der Waals surface area contributed by atoms with Crippen LogP contribution in [0.2, 0.25) is 0 Å². The maximum absolute atomic E-state index is 10.4. The molecule has 0 aromatic carbocycles. The molecule has 3 N–H and O–H groups in total. The second-order valence-corrected chi connectivity index (χ2v) is 3.10. The van der Waals surface area contributed by atoms with Gasteiger partial charge in [-0.15, -0.1) is 0 Å². The maximum Gasteiger partial charge on any atom is 0.312 e. The Morgan fingerprint density at radius 2 is 2.18 bits per heavy atom. The molecule has 0 bridgehead atoms. The SMILES string of the molecule is Nc1nccc(S(=O)(=O)O)n1. The zero-order valence-corrected chi connectivity index (χ0v) is 6.11. The van der Waals surface area contributed by atoms with Gasteiger partial charge >= 0.3 is 10.1 Å². The largest absolute Gasteiger partial charge is 0.368 e. The Labute approximate surface area is 62.8 Å². The Kier molecular flexibility index (Phi) is 1.75. The molecule has 0 unspecified atom stereocenters. The Morgan fingerprint density at radius 1 is 1.55 bits per heavy atom. The van der Waals surface area contributed by atoms with Crippen molar-refractivity contribution >= 4 is 16.1 Å². The molecule has 1 rings (SSSR count). The molecule has 7 heteroatoms. The van der Waals surface area contributed by atoms with Crippen molar-refractivity contribution in [3.05, 3.63) is 12.3 Å². The predicted molar refractivity (Wildman–Crippen MR) is 36.3 cm³/mol. The normalized spacial score (nSPS) is 11.4. The molecule has 0 aliphatic rings. The summed E-state index contributed by atoms with van der Waals surface area (Å²) < 4.78 is 29.2. The molecule has 0 radical (unpaired) electrons. The summed E-state index contributed by atoms with van der Waals surface area (Å²) >= 11 is 0. The van der Waals surface area contributed by atoms with Crippen LogP contribution in [0.4, 0.5) is 5.95 Å². The number of aromatic nitrogens is 2. The van der Waals surface area contributed by atoms with Crippen LogP contribution in [0, 0.1) is 0 Å². The highest BCUT2D eigenvalue weighted by atomic mass is 32.2. The fourth-order valence-corrected chi connectivity index (χ4v) is 0.942. The van der Waals surface area contributed by atoms with Gasteiger partial charge in [0.2, 0.25) is 5.95 Å². The Morgan fingerprint density at radius 3 is 2.55 bits per heavy atom. The molecular weight excluding hydrogens is 170 g/mol. The van der Waals surface area contributed by atoms with E-state index in [1.165, 1.54) is 0 Å². The highest BCUT2D eigenvalue weighted by Crippen LogP contribution is 2.03. The summed E-state index contributed by atoms with van der Waals surface area (Å²) in [5, 5.41) is -0.495. The molecule has 1 aromatic rings. The van der Waals surface area contributed by atoms with E-state index >= 15 is 0 Å². The van der Waals surface area contributed by atoms with E-state index in [1.807, 2.05) is 0 Å². The van der Waals surface area contributed by atoms with Gasteiger partial charge in [0, 0.05) is 6.20 Å².